The van der Waals surface area contributed by atoms with Crippen LogP contribution < -0.4 is 4.74 Å². The predicted octanol–water partition coefficient (Wildman–Crippen LogP) is 2.19. The van der Waals surface area contributed by atoms with E-state index in [1.54, 1.807) is 0 Å². The largest absolute Gasteiger partial charge is 0.495 e. The summed E-state index contributed by atoms with van der Waals surface area (Å²) in [7, 11) is 2.50. The lowest BCUT2D eigenvalue weighted by atomic mass is 10.2. The molecule has 0 fully saturated rings. The standard InChI is InChI=1S/C11H13ClO5S/c1-3-7-17-11(13)8-5-4-6-9(16-2)10(8)18(12,14)15/h4-6H,3,7H2,1-2H3. The first-order chi connectivity index (χ1) is 8.41. The van der Waals surface area contributed by atoms with E-state index in [2.05, 4.69) is 0 Å². The van der Waals surface area contributed by atoms with E-state index in [1.807, 2.05) is 6.92 Å². The minimum atomic E-state index is -4.10. The van der Waals surface area contributed by atoms with E-state index in [-0.39, 0.29) is 22.8 Å². The first kappa shape index (κ1) is 14.8. The fourth-order valence-electron chi connectivity index (χ4n) is 1.36. The second-order valence-electron chi connectivity index (χ2n) is 3.41. The van der Waals surface area contributed by atoms with Crippen molar-refractivity contribution in [2.45, 2.75) is 18.2 Å². The van der Waals surface area contributed by atoms with Gasteiger partial charge in [-0.3, -0.25) is 0 Å². The Balaban J connectivity index is 3.32. The van der Waals surface area contributed by atoms with Crippen molar-refractivity contribution in [3.05, 3.63) is 23.8 Å². The van der Waals surface area contributed by atoms with Crippen LogP contribution in [0.15, 0.2) is 23.1 Å². The quantitative estimate of drug-likeness (QED) is 0.614. The number of methoxy groups -OCH3 is 1. The fourth-order valence-corrected chi connectivity index (χ4v) is 2.64. The van der Waals surface area contributed by atoms with Gasteiger partial charge in [0.2, 0.25) is 0 Å². The van der Waals surface area contributed by atoms with Gasteiger partial charge in [0, 0.05) is 10.7 Å². The molecule has 0 amide bonds. The van der Waals surface area contributed by atoms with Crippen LogP contribution in [-0.4, -0.2) is 28.1 Å². The second-order valence-corrected chi connectivity index (χ2v) is 5.91. The van der Waals surface area contributed by atoms with Crippen LogP contribution in [0.2, 0.25) is 0 Å². The molecule has 1 aromatic carbocycles. The van der Waals surface area contributed by atoms with Gasteiger partial charge in [-0.2, -0.15) is 0 Å². The van der Waals surface area contributed by atoms with E-state index in [0.29, 0.717) is 6.42 Å². The lowest BCUT2D eigenvalue weighted by molar-refractivity contribution is 0.0500. The Morgan fingerprint density at radius 3 is 2.56 bits per heavy atom. The highest BCUT2D eigenvalue weighted by atomic mass is 35.7. The summed E-state index contributed by atoms with van der Waals surface area (Å²) in [4.78, 5) is 11.4. The van der Waals surface area contributed by atoms with Crippen LogP contribution in [0.4, 0.5) is 0 Å². The Labute approximate surface area is 110 Å². The summed E-state index contributed by atoms with van der Waals surface area (Å²) in [6, 6.07) is 4.23. The molecule has 18 heavy (non-hydrogen) atoms. The van der Waals surface area contributed by atoms with Gasteiger partial charge in [-0.05, 0) is 18.6 Å². The second kappa shape index (κ2) is 6.06. The number of esters is 1. The SMILES string of the molecule is CCCOC(=O)c1cccc(OC)c1S(=O)(=O)Cl. The Kier molecular flexibility index (Phi) is 4.98. The number of benzene rings is 1. The van der Waals surface area contributed by atoms with Crippen molar-refractivity contribution in [1.82, 2.24) is 0 Å². The van der Waals surface area contributed by atoms with Gasteiger partial charge in [0.1, 0.15) is 10.6 Å². The van der Waals surface area contributed by atoms with Crippen molar-refractivity contribution in [1.29, 1.82) is 0 Å². The van der Waals surface area contributed by atoms with Crippen molar-refractivity contribution in [2.24, 2.45) is 0 Å². The Bertz CT molecular complexity index is 538. The maximum atomic E-state index is 11.7. The van der Waals surface area contributed by atoms with Gasteiger partial charge in [-0.15, -0.1) is 0 Å². The zero-order chi connectivity index (χ0) is 13.8. The van der Waals surface area contributed by atoms with Crippen LogP contribution in [0.25, 0.3) is 0 Å². The predicted molar refractivity (Wildman–Crippen MR) is 66.6 cm³/mol. The van der Waals surface area contributed by atoms with Gasteiger partial charge >= 0.3 is 5.97 Å². The van der Waals surface area contributed by atoms with Crippen LogP contribution in [-0.2, 0) is 13.8 Å². The molecule has 1 aromatic rings. The molecule has 0 atom stereocenters. The smallest absolute Gasteiger partial charge is 0.339 e. The number of ether oxygens (including phenoxy) is 2. The third-order valence-corrected chi connectivity index (χ3v) is 3.47. The zero-order valence-corrected chi connectivity index (χ0v) is 11.5. The highest BCUT2D eigenvalue weighted by Crippen LogP contribution is 2.30. The molecule has 0 spiro atoms. The molecule has 0 N–H and O–H groups in total. The highest BCUT2D eigenvalue weighted by molar-refractivity contribution is 8.13. The Hall–Kier alpha value is -1.27. The summed E-state index contributed by atoms with van der Waals surface area (Å²) in [5.74, 6) is -0.731. The monoisotopic (exact) mass is 292 g/mol. The first-order valence-electron chi connectivity index (χ1n) is 5.20. The van der Waals surface area contributed by atoms with Gasteiger partial charge in [-0.1, -0.05) is 13.0 Å². The van der Waals surface area contributed by atoms with Gasteiger partial charge in [-0.25, -0.2) is 13.2 Å². The van der Waals surface area contributed by atoms with E-state index in [1.165, 1.54) is 25.3 Å². The third kappa shape index (κ3) is 3.36. The minimum Gasteiger partial charge on any atom is -0.495 e. The molecule has 0 aliphatic carbocycles. The Morgan fingerprint density at radius 2 is 2.06 bits per heavy atom. The number of hydrogen-bond acceptors (Lipinski definition) is 5. The number of halogens is 1. The van der Waals surface area contributed by atoms with Crippen LogP contribution in [0.5, 0.6) is 5.75 Å². The molecular formula is C11H13ClO5S. The molecule has 1 rings (SSSR count). The van der Waals surface area contributed by atoms with E-state index in [0.717, 1.165) is 0 Å². The normalized spacial score (nSPS) is 11.1. The van der Waals surface area contributed by atoms with E-state index in [9.17, 15) is 13.2 Å². The van der Waals surface area contributed by atoms with E-state index in [4.69, 9.17) is 20.2 Å². The molecule has 0 unspecified atom stereocenters. The molecule has 0 saturated carbocycles. The maximum Gasteiger partial charge on any atom is 0.339 e. The maximum absolute atomic E-state index is 11.7. The number of rotatable bonds is 5. The van der Waals surface area contributed by atoms with E-state index >= 15 is 0 Å². The minimum absolute atomic E-state index is 0.0101. The van der Waals surface area contributed by atoms with Crippen molar-refractivity contribution in [3.8, 4) is 5.75 Å². The molecule has 5 nitrogen and oxygen atoms in total. The fraction of sp³-hybridized carbons (Fsp3) is 0.364. The van der Waals surface area contributed by atoms with Crippen LogP contribution in [0.3, 0.4) is 0 Å². The molecule has 0 heterocycles. The van der Waals surface area contributed by atoms with Crippen molar-refractivity contribution in [3.63, 3.8) is 0 Å². The summed E-state index contributed by atoms with van der Waals surface area (Å²) in [6.45, 7) is 2.04. The molecule has 100 valence electrons. The lowest BCUT2D eigenvalue weighted by Crippen LogP contribution is -2.11. The Morgan fingerprint density at radius 1 is 1.39 bits per heavy atom. The highest BCUT2D eigenvalue weighted by Gasteiger charge is 2.26. The molecule has 0 bridgehead atoms. The third-order valence-electron chi connectivity index (χ3n) is 2.10. The van der Waals surface area contributed by atoms with Gasteiger partial charge in [0.25, 0.3) is 9.05 Å². The van der Waals surface area contributed by atoms with Crippen molar-refractivity contribution in [2.75, 3.05) is 13.7 Å². The van der Waals surface area contributed by atoms with Gasteiger partial charge in [0.15, 0.2) is 0 Å². The average molecular weight is 293 g/mol. The number of carbonyl (C=O) groups excluding carboxylic acids is 1. The molecular weight excluding hydrogens is 280 g/mol. The van der Waals surface area contributed by atoms with E-state index < -0.39 is 15.0 Å². The molecule has 0 aromatic heterocycles. The van der Waals surface area contributed by atoms with Crippen molar-refractivity contribution >= 4 is 25.7 Å². The summed E-state index contributed by atoms with van der Waals surface area (Å²) >= 11 is 0. The summed E-state index contributed by atoms with van der Waals surface area (Å²) in [5.41, 5.74) is -0.127. The lowest BCUT2D eigenvalue weighted by Gasteiger charge is -2.10. The van der Waals surface area contributed by atoms with Gasteiger partial charge in [0.05, 0.1) is 19.3 Å². The number of hydrogen-bond donors (Lipinski definition) is 0. The molecule has 0 radical (unpaired) electrons. The van der Waals surface area contributed by atoms with Crippen LogP contribution in [0.1, 0.15) is 23.7 Å². The van der Waals surface area contributed by atoms with Crippen molar-refractivity contribution < 1.29 is 22.7 Å². The van der Waals surface area contributed by atoms with Gasteiger partial charge < -0.3 is 9.47 Å². The van der Waals surface area contributed by atoms with Crippen LogP contribution in [0, 0.1) is 0 Å². The summed E-state index contributed by atoms with van der Waals surface area (Å²) < 4.78 is 32.8. The molecule has 7 heteroatoms. The topological polar surface area (TPSA) is 69.7 Å². The average Bonchev–Trinajstić information content (AvgIpc) is 2.33. The zero-order valence-electron chi connectivity index (χ0n) is 9.97. The molecule has 0 saturated heterocycles. The number of carbonyl (C=O) groups is 1. The summed E-state index contributed by atoms with van der Waals surface area (Å²) in [6.07, 6.45) is 0.638. The molecule has 0 aliphatic heterocycles. The first-order valence-corrected chi connectivity index (χ1v) is 7.51. The molecule has 0 aliphatic rings. The summed E-state index contributed by atoms with van der Waals surface area (Å²) in [5, 5.41) is 0. The van der Waals surface area contributed by atoms with Crippen LogP contribution >= 0.6 is 10.7 Å².